The Hall–Kier alpha value is -1.09. The molecule has 0 aliphatic rings. The molecule has 0 aromatic carbocycles. The summed E-state index contributed by atoms with van der Waals surface area (Å²) in [4.78, 5) is 7.08. The third-order valence-electron chi connectivity index (χ3n) is 3.31. The zero-order valence-electron chi connectivity index (χ0n) is 11.7. The lowest BCUT2D eigenvalue weighted by Gasteiger charge is -2.28. The molecule has 1 aromatic rings. The van der Waals surface area contributed by atoms with Gasteiger partial charge in [-0.05, 0) is 45.9 Å². The lowest BCUT2D eigenvalue weighted by molar-refractivity contribution is 0.621. The van der Waals surface area contributed by atoms with E-state index >= 15 is 0 Å². The van der Waals surface area contributed by atoms with Crippen LogP contribution in [0.2, 0.25) is 0 Å². The second-order valence-corrected chi connectivity index (χ2v) is 4.49. The van der Waals surface area contributed by atoms with Gasteiger partial charge in [0.2, 0.25) is 0 Å². The lowest BCUT2D eigenvalue weighted by atomic mass is 10.1. The molecule has 0 bridgehead atoms. The smallest absolute Gasteiger partial charge is 0.129 e. The molecule has 0 saturated carbocycles. The summed E-state index contributed by atoms with van der Waals surface area (Å²) in [5.74, 6) is 1.10. The van der Waals surface area contributed by atoms with Crippen LogP contribution in [0.3, 0.4) is 0 Å². The SMILES string of the molecule is CCC(C)N(CC)c1ccc(CNC)c(C)n1. The molecule has 1 unspecified atom stereocenters. The van der Waals surface area contributed by atoms with Crippen LogP contribution in [0.1, 0.15) is 38.4 Å². The van der Waals surface area contributed by atoms with Crippen molar-refractivity contribution in [1.82, 2.24) is 10.3 Å². The Kier molecular flexibility index (Phi) is 5.42. The summed E-state index contributed by atoms with van der Waals surface area (Å²) in [5.41, 5.74) is 2.40. The average molecular weight is 235 g/mol. The number of hydrogen-bond acceptors (Lipinski definition) is 3. The van der Waals surface area contributed by atoms with Crippen LogP contribution in [0.4, 0.5) is 5.82 Å². The lowest BCUT2D eigenvalue weighted by Crippen LogP contribution is -2.33. The molecule has 0 spiro atoms. The molecule has 3 heteroatoms. The van der Waals surface area contributed by atoms with Crippen molar-refractivity contribution >= 4 is 5.82 Å². The molecular weight excluding hydrogens is 210 g/mol. The Bertz CT molecular complexity index is 349. The second kappa shape index (κ2) is 6.60. The first-order valence-electron chi connectivity index (χ1n) is 6.51. The largest absolute Gasteiger partial charge is 0.354 e. The van der Waals surface area contributed by atoms with Gasteiger partial charge in [-0.15, -0.1) is 0 Å². The number of rotatable bonds is 6. The number of hydrogen-bond donors (Lipinski definition) is 1. The Morgan fingerprint density at radius 1 is 1.35 bits per heavy atom. The van der Waals surface area contributed by atoms with E-state index in [2.05, 4.69) is 50.0 Å². The highest BCUT2D eigenvalue weighted by molar-refractivity contribution is 5.42. The Balaban J connectivity index is 2.94. The van der Waals surface area contributed by atoms with Gasteiger partial charge in [-0.2, -0.15) is 0 Å². The minimum absolute atomic E-state index is 0.544. The number of aryl methyl sites for hydroxylation is 1. The quantitative estimate of drug-likeness (QED) is 0.821. The van der Waals surface area contributed by atoms with Gasteiger partial charge in [0.05, 0.1) is 0 Å². The molecule has 0 aliphatic carbocycles. The zero-order chi connectivity index (χ0) is 12.8. The highest BCUT2D eigenvalue weighted by Gasteiger charge is 2.12. The summed E-state index contributed by atoms with van der Waals surface area (Å²) in [6.07, 6.45) is 1.15. The minimum atomic E-state index is 0.544. The van der Waals surface area contributed by atoms with Crippen LogP contribution in [-0.2, 0) is 6.54 Å². The van der Waals surface area contributed by atoms with E-state index in [1.54, 1.807) is 0 Å². The average Bonchev–Trinajstić information content (AvgIpc) is 2.33. The molecule has 1 rings (SSSR count). The molecule has 1 N–H and O–H groups in total. The third kappa shape index (κ3) is 3.43. The van der Waals surface area contributed by atoms with Gasteiger partial charge in [0.25, 0.3) is 0 Å². The molecule has 0 saturated heterocycles. The van der Waals surface area contributed by atoms with Crippen molar-refractivity contribution in [3.05, 3.63) is 23.4 Å². The minimum Gasteiger partial charge on any atom is -0.354 e. The van der Waals surface area contributed by atoms with Gasteiger partial charge in [-0.1, -0.05) is 13.0 Å². The van der Waals surface area contributed by atoms with Crippen LogP contribution in [0.15, 0.2) is 12.1 Å². The van der Waals surface area contributed by atoms with Crippen molar-refractivity contribution in [2.45, 2.75) is 46.7 Å². The second-order valence-electron chi connectivity index (χ2n) is 4.49. The van der Waals surface area contributed by atoms with Gasteiger partial charge in [0, 0.05) is 24.8 Å². The van der Waals surface area contributed by atoms with Gasteiger partial charge >= 0.3 is 0 Å². The van der Waals surface area contributed by atoms with E-state index < -0.39 is 0 Å². The van der Waals surface area contributed by atoms with E-state index in [9.17, 15) is 0 Å². The molecular formula is C14H25N3. The molecule has 17 heavy (non-hydrogen) atoms. The zero-order valence-corrected chi connectivity index (χ0v) is 11.7. The maximum atomic E-state index is 4.72. The fourth-order valence-electron chi connectivity index (χ4n) is 2.03. The molecule has 0 aliphatic heterocycles. The highest BCUT2D eigenvalue weighted by atomic mass is 15.2. The summed E-state index contributed by atoms with van der Waals surface area (Å²) < 4.78 is 0. The Labute approximate surface area is 105 Å². The molecule has 3 nitrogen and oxygen atoms in total. The van der Waals surface area contributed by atoms with Gasteiger partial charge in [0.15, 0.2) is 0 Å². The number of anilines is 1. The van der Waals surface area contributed by atoms with Crippen LogP contribution in [0, 0.1) is 6.92 Å². The molecule has 1 heterocycles. The number of nitrogens with one attached hydrogen (secondary N) is 1. The highest BCUT2D eigenvalue weighted by Crippen LogP contribution is 2.18. The van der Waals surface area contributed by atoms with Gasteiger partial charge in [0.1, 0.15) is 5.82 Å². The summed E-state index contributed by atoms with van der Waals surface area (Å²) in [7, 11) is 1.96. The van der Waals surface area contributed by atoms with Crippen molar-refractivity contribution in [2.75, 3.05) is 18.5 Å². The third-order valence-corrected chi connectivity index (χ3v) is 3.31. The van der Waals surface area contributed by atoms with Crippen molar-refractivity contribution in [1.29, 1.82) is 0 Å². The van der Waals surface area contributed by atoms with Crippen LogP contribution in [0.5, 0.6) is 0 Å². The maximum Gasteiger partial charge on any atom is 0.129 e. The Morgan fingerprint density at radius 3 is 2.53 bits per heavy atom. The summed E-state index contributed by atoms with van der Waals surface area (Å²) in [6.45, 7) is 10.6. The fraction of sp³-hybridized carbons (Fsp3) is 0.643. The number of pyridine rings is 1. The van der Waals surface area contributed by atoms with Crippen LogP contribution in [0.25, 0.3) is 0 Å². The fourth-order valence-corrected chi connectivity index (χ4v) is 2.03. The van der Waals surface area contributed by atoms with Crippen LogP contribution >= 0.6 is 0 Å². The summed E-state index contributed by atoms with van der Waals surface area (Å²) >= 11 is 0. The Morgan fingerprint density at radius 2 is 2.06 bits per heavy atom. The summed E-state index contributed by atoms with van der Waals surface area (Å²) in [6, 6.07) is 4.86. The van der Waals surface area contributed by atoms with E-state index in [1.807, 2.05) is 7.05 Å². The standard InChI is InChI=1S/C14H25N3/c1-6-11(3)17(7-2)14-9-8-13(10-15-5)12(4)16-14/h8-9,11,15H,6-7,10H2,1-5H3. The van der Waals surface area contributed by atoms with E-state index in [0.29, 0.717) is 6.04 Å². The monoisotopic (exact) mass is 235 g/mol. The molecule has 0 fully saturated rings. The van der Waals surface area contributed by atoms with Crippen molar-refractivity contribution < 1.29 is 0 Å². The number of nitrogens with zero attached hydrogens (tertiary/aromatic N) is 2. The van der Waals surface area contributed by atoms with Crippen molar-refractivity contribution in [3.8, 4) is 0 Å². The number of aromatic nitrogens is 1. The van der Waals surface area contributed by atoms with E-state index in [-0.39, 0.29) is 0 Å². The maximum absolute atomic E-state index is 4.72. The predicted octanol–water partition coefficient (Wildman–Crippen LogP) is 2.73. The first-order chi connectivity index (χ1) is 8.13. The molecule has 1 aromatic heterocycles. The predicted molar refractivity (Wildman–Crippen MR) is 74.5 cm³/mol. The summed E-state index contributed by atoms with van der Waals surface area (Å²) in [5, 5.41) is 3.17. The van der Waals surface area contributed by atoms with Crippen LogP contribution in [-0.4, -0.2) is 24.6 Å². The molecule has 1 atom stereocenters. The van der Waals surface area contributed by atoms with E-state index in [1.165, 1.54) is 5.56 Å². The van der Waals surface area contributed by atoms with Crippen molar-refractivity contribution in [2.24, 2.45) is 0 Å². The molecule has 0 amide bonds. The molecule has 96 valence electrons. The first-order valence-corrected chi connectivity index (χ1v) is 6.51. The van der Waals surface area contributed by atoms with Gasteiger partial charge in [-0.3, -0.25) is 0 Å². The van der Waals surface area contributed by atoms with Gasteiger partial charge in [-0.25, -0.2) is 4.98 Å². The van der Waals surface area contributed by atoms with Gasteiger partial charge < -0.3 is 10.2 Å². The van der Waals surface area contributed by atoms with E-state index in [4.69, 9.17) is 4.98 Å². The first kappa shape index (κ1) is 14.0. The van der Waals surface area contributed by atoms with E-state index in [0.717, 1.165) is 31.0 Å². The van der Waals surface area contributed by atoms with Crippen LogP contribution < -0.4 is 10.2 Å². The topological polar surface area (TPSA) is 28.2 Å². The molecule has 0 radical (unpaired) electrons. The van der Waals surface area contributed by atoms with Crippen molar-refractivity contribution in [3.63, 3.8) is 0 Å². The normalized spacial score (nSPS) is 12.5.